The highest BCUT2D eigenvalue weighted by molar-refractivity contribution is 5.99. The van der Waals surface area contributed by atoms with Gasteiger partial charge in [-0.2, -0.15) is 0 Å². The van der Waals surface area contributed by atoms with E-state index in [0.717, 1.165) is 24.8 Å². The summed E-state index contributed by atoms with van der Waals surface area (Å²) < 4.78 is 5.08. The van der Waals surface area contributed by atoms with Gasteiger partial charge in [0.2, 0.25) is 0 Å². The first-order valence-corrected chi connectivity index (χ1v) is 7.63. The van der Waals surface area contributed by atoms with Crippen molar-refractivity contribution in [1.82, 2.24) is 0 Å². The smallest absolute Gasteiger partial charge is 0.309 e. The average Bonchev–Trinajstić information content (AvgIpc) is 3.33. The predicted octanol–water partition coefficient (Wildman–Crippen LogP) is 3.39. The van der Waals surface area contributed by atoms with Crippen LogP contribution in [0.1, 0.15) is 34.3 Å². The number of hydrogen-bond donors (Lipinski definition) is 0. The molecule has 0 aromatic heterocycles. The first-order chi connectivity index (χ1) is 10.7. The van der Waals surface area contributed by atoms with Gasteiger partial charge in [0.1, 0.15) is 0 Å². The number of Topliss-reactive ketones (excluding diaryl/α,β-unsaturated/α-hetero) is 1. The standard InChI is InChI=1S/C19H16O3/c20-18(11-22-19(21)12-5-6-12)15-8-7-14-9-13-3-1-2-4-16(13)17(14)10-15/h1-4,7-8,10,12H,5-6,9,11H2. The van der Waals surface area contributed by atoms with Crippen molar-refractivity contribution in [2.75, 3.05) is 6.61 Å². The topological polar surface area (TPSA) is 43.4 Å². The lowest BCUT2D eigenvalue weighted by atomic mass is 10.0. The molecule has 0 heterocycles. The van der Waals surface area contributed by atoms with Crippen LogP contribution in [0.4, 0.5) is 0 Å². The summed E-state index contributed by atoms with van der Waals surface area (Å²) >= 11 is 0. The first-order valence-electron chi connectivity index (χ1n) is 7.63. The Morgan fingerprint density at radius 1 is 1.00 bits per heavy atom. The van der Waals surface area contributed by atoms with Gasteiger partial charge < -0.3 is 4.74 Å². The molecule has 3 nitrogen and oxygen atoms in total. The number of carbonyl (C=O) groups excluding carboxylic acids is 2. The summed E-state index contributed by atoms with van der Waals surface area (Å²) in [5.41, 5.74) is 5.46. The third-order valence-electron chi connectivity index (χ3n) is 4.38. The molecule has 3 heteroatoms. The van der Waals surface area contributed by atoms with Crippen LogP contribution in [0.15, 0.2) is 42.5 Å². The highest BCUT2D eigenvalue weighted by Crippen LogP contribution is 2.37. The van der Waals surface area contributed by atoms with Gasteiger partial charge >= 0.3 is 5.97 Å². The minimum atomic E-state index is -0.236. The van der Waals surface area contributed by atoms with Gasteiger partial charge in [-0.1, -0.05) is 36.4 Å². The maximum atomic E-state index is 12.2. The molecule has 2 aliphatic carbocycles. The molecule has 110 valence electrons. The molecule has 0 saturated heterocycles. The van der Waals surface area contributed by atoms with Crippen LogP contribution in [0.3, 0.4) is 0 Å². The Morgan fingerprint density at radius 2 is 1.77 bits per heavy atom. The molecule has 1 saturated carbocycles. The van der Waals surface area contributed by atoms with E-state index in [1.54, 1.807) is 0 Å². The maximum absolute atomic E-state index is 12.2. The van der Waals surface area contributed by atoms with E-state index in [1.165, 1.54) is 16.7 Å². The van der Waals surface area contributed by atoms with Gasteiger partial charge in [0, 0.05) is 5.56 Å². The first kappa shape index (κ1) is 13.3. The van der Waals surface area contributed by atoms with Gasteiger partial charge in [-0.3, -0.25) is 9.59 Å². The van der Waals surface area contributed by atoms with E-state index >= 15 is 0 Å². The van der Waals surface area contributed by atoms with Crippen LogP contribution in [0.2, 0.25) is 0 Å². The second-order valence-corrected chi connectivity index (χ2v) is 6.01. The Labute approximate surface area is 128 Å². The molecule has 0 N–H and O–H groups in total. The van der Waals surface area contributed by atoms with Crippen molar-refractivity contribution in [3.63, 3.8) is 0 Å². The molecule has 0 unspecified atom stereocenters. The summed E-state index contributed by atoms with van der Waals surface area (Å²) in [6.45, 7) is -0.157. The largest absolute Gasteiger partial charge is 0.457 e. The van der Waals surface area contributed by atoms with Crippen LogP contribution in [-0.2, 0) is 16.0 Å². The molecular weight excluding hydrogens is 276 g/mol. The van der Waals surface area contributed by atoms with Crippen LogP contribution in [0, 0.1) is 5.92 Å². The Kier molecular flexibility index (Phi) is 3.07. The highest BCUT2D eigenvalue weighted by atomic mass is 16.5. The molecule has 2 aromatic carbocycles. The number of carbonyl (C=O) groups is 2. The number of rotatable bonds is 4. The zero-order valence-corrected chi connectivity index (χ0v) is 12.2. The van der Waals surface area contributed by atoms with Gasteiger partial charge in [-0.15, -0.1) is 0 Å². The summed E-state index contributed by atoms with van der Waals surface area (Å²) in [5.74, 6) is -0.347. The summed E-state index contributed by atoms with van der Waals surface area (Å²) in [6, 6.07) is 14.0. The Balaban J connectivity index is 1.54. The molecule has 0 aliphatic heterocycles. The van der Waals surface area contributed by atoms with E-state index < -0.39 is 0 Å². The minimum absolute atomic E-state index is 0.0275. The minimum Gasteiger partial charge on any atom is -0.457 e. The van der Waals surface area contributed by atoms with E-state index in [4.69, 9.17) is 4.74 Å². The van der Waals surface area contributed by atoms with Crippen molar-refractivity contribution < 1.29 is 14.3 Å². The van der Waals surface area contributed by atoms with Crippen molar-refractivity contribution >= 4 is 11.8 Å². The lowest BCUT2D eigenvalue weighted by Gasteiger charge is -2.06. The predicted molar refractivity (Wildman–Crippen MR) is 82.7 cm³/mol. The number of esters is 1. The molecule has 0 atom stereocenters. The zero-order chi connectivity index (χ0) is 15.1. The van der Waals surface area contributed by atoms with Crippen molar-refractivity contribution in [3.05, 3.63) is 59.2 Å². The zero-order valence-electron chi connectivity index (χ0n) is 12.2. The molecule has 0 bridgehead atoms. The molecule has 0 radical (unpaired) electrons. The summed E-state index contributed by atoms with van der Waals surface area (Å²) in [6.07, 6.45) is 2.70. The molecule has 2 aromatic rings. The third-order valence-corrected chi connectivity index (χ3v) is 4.38. The maximum Gasteiger partial charge on any atom is 0.309 e. The fourth-order valence-electron chi connectivity index (χ4n) is 2.95. The lowest BCUT2D eigenvalue weighted by molar-refractivity contribution is -0.144. The van der Waals surface area contributed by atoms with Crippen LogP contribution >= 0.6 is 0 Å². The highest BCUT2D eigenvalue weighted by Gasteiger charge is 2.31. The Hall–Kier alpha value is -2.42. The molecule has 2 aliphatic rings. The molecule has 22 heavy (non-hydrogen) atoms. The number of fused-ring (bicyclic) bond motifs is 3. The van der Waals surface area contributed by atoms with E-state index in [2.05, 4.69) is 12.1 Å². The lowest BCUT2D eigenvalue weighted by Crippen LogP contribution is -2.15. The average molecular weight is 292 g/mol. The van der Waals surface area contributed by atoms with E-state index in [0.29, 0.717) is 5.56 Å². The number of hydrogen-bond acceptors (Lipinski definition) is 3. The van der Waals surface area contributed by atoms with Crippen LogP contribution in [0.25, 0.3) is 11.1 Å². The van der Waals surface area contributed by atoms with Crippen molar-refractivity contribution in [3.8, 4) is 11.1 Å². The van der Waals surface area contributed by atoms with Crippen molar-refractivity contribution in [1.29, 1.82) is 0 Å². The molecular formula is C19H16O3. The van der Waals surface area contributed by atoms with Crippen molar-refractivity contribution in [2.24, 2.45) is 5.92 Å². The van der Waals surface area contributed by atoms with Gasteiger partial charge in [-0.25, -0.2) is 0 Å². The van der Waals surface area contributed by atoms with E-state index in [9.17, 15) is 9.59 Å². The fraction of sp³-hybridized carbons (Fsp3) is 0.263. The molecule has 1 fully saturated rings. The third kappa shape index (κ3) is 2.33. The number of ether oxygens (including phenoxy) is 1. The number of ketones is 1. The van der Waals surface area contributed by atoms with Crippen LogP contribution in [-0.4, -0.2) is 18.4 Å². The fourth-order valence-corrected chi connectivity index (χ4v) is 2.95. The summed E-state index contributed by atoms with van der Waals surface area (Å²) in [4.78, 5) is 23.7. The van der Waals surface area contributed by atoms with Gasteiger partial charge in [0.05, 0.1) is 5.92 Å². The van der Waals surface area contributed by atoms with Crippen molar-refractivity contribution in [2.45, 2.75) is 19.3 Å². The molecule has 0 spiro atoms. The number of benzene rings is 2. The van der Waals surface area contributed by atoms with Crippen LogP contribution in [0.5, 0.6) is 0 Å². The Bertz CT molecular complexity index is 772. The quantitative estimate of drug-likeness (QED) is 0.547. The monoisotopic (exact) mass is 292 g/mol. The van der Waals surface area contributed by atoms with Crippen LogP contribution < -0.4 is 0 Å². The Morgan fingerprint density at radius 3 is 2.59 bits per heavy atom. The second kappa shape index (κ2) is 5.09. The SMILES string of the molecule is O=C(COC(=O)C1CC1)c1ccc2c(c1)-c1ccccc1C2. The second-order valence-electron chi connectivity index (χ2n) is 6.01. The summed E-state index contributed by atoms with van der Waals surface area (Å²) in [5, 5.41) is 0. The normalized spacial score (nSPS) is 15.1. The van der Waals surface area contributed by atoms with Gasteiger partial charge in [0.25, 0.3) is 0 Å². The molecule has 0 amide bonds. The van der Waals surface area contributed by atoms with E-state index in [-0.39, 0.29) is 24.3 Å². The summed E-state index contributed by atoms with van der Waals surface area (Å²) in [7, 11) is 0. The van der Waals surface area contributed by atoms with Gasteiger partial charge in [-0.05, 0) is 47.6 Å². The van der Waals surface area contributed by atoms with Gasteiger partial charge in [0.15, 0.2) is 12.4 Å². The van der Waals surface area contributed by atoms with E-state index in [1.807, 2.05) is 30.3 Å². The molecule has 4 rings (SSSR count).